The number of aryl methyl sites for hydroxylation is 10. The Morgan fingerprint density at radius 3 is 0.500 bits per heavy atom. The lowest BCUT2D eigenvalue weighted by molar-refractivity contribution is 1.21. The molecular formula is C52H54. The van der Waals surface area contributed by atoms with Crippen LogP contribution in [0.25, 0.3) is 43.1 Å². The second kappa shape index (κ2) is 10.2. The normalized spacial score (nSPS) is 12.8. The average molecular weight is 679 g/mol. The minimum absolute atomic E-state index is 1.43. The molecular weight excluding hydrogens is 625 g/mol. The van der Waals surface area contributed by atoms with Crippen molar-refractivity contribution in [2.75, 3.05) is 0 Å². The van der Waals surface area contributed by atoms with Crippen LogP contribution in [0.4, 0.5) is 0 Å². The molecule has 0 saturated carbocycles. The molecule has 0 aromatic heterocycles. The second-order valence-corrected chi connectivity index (χ2v) is 17.2. The van der Waals surface area contributed by atoms with Crippen molar-refractivity contribution < 1.29 is 0 Å². The van der Waals surface area contributed by atoms with E-state index in [1.54, 1.807) is 0 Å². The summed E-state index contributed by atoms with van der Waals surface area (Å²) in [5, 5.41) is 23.7. The smallest absolute Gasteiger partial charge is 0.000793 e. The number of hydrogen-bond donors (Lipinski definition) is 0. The lowest BCUT2D eigenvalue weighted by Gasteiger charge is -2.23. The third-order valence-corrected chi connectivity index (χ3v) is 15.5. The molecule has 9 rings (SSSR count). The summed E-state index contributed by atoms with van der Waals surface area (Å²) in [6.07, 6.45) is 0. The van der Waals surface area contributed by atoms with Crippen LogP contribution < -0.4 is 0 Å². The predicted octanol–water partition coefficient (Wildman–Crippen LogP) is 13.6. The standard InChI is InChI=1S/C52H54/c1-19-20(2)24(6)38-32(14)42-36(18)50-46-30(12)28(10)44-48-34(16)40-26(8)22(4)21(3)25(7)39(40)33(15)47(48)43-27(9)29(11)45(52(46)51(43)44)49(50)35(17)41(42)31(13)37(38)23(19)5/h1-18H3. The molecule has 0 spiro atoms. The molecule has 7 aromatic carbocycles. The second-order valence-electron chi connectivity index (χ2n) is 17.2. The molecule has 0 bridgehead atoms. The molecule has 0 aliphatic heterocycles. The summed E-state index contributed by atoms with van der Waals surface area (Å²) < 4.78 is 0. The van der Waals surface area contributed by atoms with Gasteiger partial charge in [0.05, 0.1) is 0 Å². The van der Waals surface area contributed by atoms with Gasteiger partial charge in [-0.3, -0.25) is 0 Å². The first kappa shape index (κ1) is 33.4. The van der Waals surface area contributed by atoms with Gasteiger partial charge in [0.1, 0.15) is 0 Å². The maximum absolute atomic E-state index is 2.44. The van der Waals surface area contributed by atoms with Gasteiger partial charge in [-0.1, -0.05) is 0 Å². The van der Waals surface area contributed by atoms with E-state index in [0.29, 0.717) is 0 Å². The monoisotopic (exact) mass is 678 g/mol. The van der Waals surface area contributed by atoms with Crippen LogP contribution in [-0.2, 0) is 0 Å². The lowest BCUT2D eigenvalue weighted by atomic mass is 9.81. The van der Waals surface area contributed by atoms with Crippen molar-refractivity contribution in [2.45, 2.75) is 125 Å². The maximum atomic E-state index is 2.44. The third kappa shape index (κ3) is 3.39. The van der Waals surface area contributed by atoms with E-state index in [2.05, 4.69) is 125 Å². The Bertz CT molecular complexity index is 3220. The number of hydrogen-bond acceptors (Lipinski definition) is 0. The SMILES string of the molecule is Cc1c(C)c(C)c2c(C)c3c(c(C)c2c1C)=c1c(C)c(C)c2c4c(c(C)c(C)c=3c14)=c1c(C)c3c(C)c4c(C)c(C)c(C)c(C)c4c(C)c3c(C)c1=2. The first-order valence-electron chi connectivity index (χ1n) is 19.5. The molecule has 0 unspecified atom stereocenters. The largest absolute Gasteiger partial charge is 0.0444 e. The average Bonchev–Trinajstić information content (AvgIpc) is 3.66. The first-order valence-corrected chi connectivity index (χ1v) is 19.5. The van der Waals surface area contributed by atoms with Gasteiger partial charge in [0, 0.05) is 0 Å². The molecule has 262 valence electrons. The Kier molecular flexibility index (Phi) is 6.53. The van der Waals surface area contributed by atoms with E-state index < -0.39 is 0 Å². The molecule has 0 nitrogen and oxygen atoms in total. The zero-order valence-corrected chi connectivity index (χ0v) is 35.0. The van der Waals surface area contributed by atoms with Crippen LogP contribution >= 0.6 is 0 Å². The summed E-state index contributed by atoms with van der Waals surface area (Å²) in [7, 11) is 0. The highest BCUT2D eigenvalue weighted by Crippen LogP contribution is 2.46. The van der Waals surface area contributed by atoms with E-state index in [-0.39, 0.29) is 0 Å². The van der Waals surface area contributed by atoms with Crippen LogP contribution in [-0.4, -0.2) is 0 Å². The summed E-state index contributed by atoms with van der Waals surface area (Å²) in [6, 6.07) is 0. The fourth-order valence-electron chi connectivity index (χ4n) is 12.1. The van der Waals surface area contributed by atoms with Gasteiger partial charge in [-0.05, 0) is 310 Å². The predicted molar refractivity (Wildman–Crippen MR) is 225 cm³/mol. The van der Waals surface area contributed by atoms with Crippen molar-refractivity contribution in [2.24, 2.45) is 0 Å². The summed E-state index contributed by atoms with van der Waals surface area (Å²) in [4.78, 5) is 0. The van der Waals surface area contributed by atoms with Gasteiger partial charge in [-0.25, -0.2) is 0 Å². The molecule has 0 saturated heterocycles. The highest BCUT2D eigenvalue weighted by atomic mass is 14.3. The Morgan fingerprint density at radius 2 is 0.288 bits per heavy atom. The minimum Gasteiger partial charge on any atom is -0.0444 e. The molecule has 0 amide bonds. The molecule has 52 heavy (non-hydrogen) atoms. The summed E-state index contributed by atoms with van der Waals surface area (Å²) in [6.45, 7) is 42.9. The highest BCUT2D eigenvalue weighted by molar-refractivity contribution is 6.11. The number of benzene rings is 7. The van der Waals surface area contributed by atoms with Crippen LogP contribution in [0, 0.1) is 166 Å². The van der Waals surface area contributed by atoms with Gasteiger partial charge in [-0.15, -0.1) is 0 Å². The molecule has 2 aliphatic rings. The third-order valence-electron chi connectivity index (χ3n) is 15.5. The van der Waals surface area contributed by atoms with Gasteiger partial charge in [0.15, 0.2) is 0 Å². The Hall–Kier alpha value is -4.42. The van der Waals surface area contributed by atoms with Crippen LogP contribution in [0.5, 0.6) is 0 Å². The van der Waals surface area contributed by atoms with E-state index in [1.807, 2.05) is 0 Å². The maximum Gasteiger partial charge on any atom is -0.000793 e. The van der Waals surface area contributed by atoms with E-state index in [4.69, 9.17) is 0 Å². The Morgan fingerprint density at radius 1 is 0.115 bits per heavy atom. The van der Waals surface area contributed by atoms with E-state index in [1.165, 1.54) is 185 Å². The van der Waals surface area contributed by atoms with E-state index in [9.17, 15) is 0 Å². The lowest BCUT2D eigenvalue weighted by Crippen LogP contribution is -2.02. The molecule has 0 atom stereocenters. The first-order chi connectivity index (χ1) is 24.4. The van der Waals surface area contributed by atoms with Crippen LogP contribution in [0.3, 0.4) is 0 Å². The quantitative estimate of drug-likeness (QED) is 0.140. The Balaban J connectivity index is 1.71. The molecule has 0 radical (unpaired) electrons. The van der Waals surface area contributed by atoms with Gasteiger partial charge in [0.2, 0.25) is 0 Å². The van der Waals surface area contributed by atoms with Gasteiger partial charge in [0.25, 0.3) is 0 Å². The molecule has 0 heterocycles. The highest BCUT2D eigenvalue weighted by Gasteiger charge is 2.27. The summed E-state index contributed by atoms with van der Waals surface area (Å²) >= 11 is 0. The van der Waals surface area contributed by atoms with Crippen molar-refractivity contribution in [1.82, 2.24) is 0 Å². The fraction of sp³-hybridized carbons (Fsp3) is 0.346. The number of fused-ring (bicyclic) bond motifs is 5. The summed E-state index contributed by atoms with van der Waals surface area (Å²) in [5.74, 6) is 0. The van der Waals surface area contributed by atoms with E-state index >= 15 is 0 Å². The van der Waals surface area contributed by atoms with Crippen LogP contribution in [0.2, 0.25) is 0 Å². The topological polar surface area (TPSA) is 0 Å². The zero-order chi connectivity index (χ0) is 37.6. The van der Waals surface area contributed by atoms with Gasteiger partial charge in [-0.2, -0.15) is 0 Å². The van der Waals surface area contributed by atoms with Crippen molar-refractivity contribution in [3.63, 3.8) is 0 Å². The van der Waals surface area contributed by atoms with Crippen LogP contribution in [0.15, 0.2) is 0 Å². The molecule has 0 heteroatoms. The minimum atomic E-state index is 1.43. The molecule has 0 fully saturated rings. The van der Waals surface area contributed by atoms with E-state index in [0.717, 1.165) is 0 Å². The van der Waals surface area contributed by atoms with Gasteiger partial charge < -0.3 is 0 Å². The summed E-state index contributed by atoms with van der Waals surface area (Å²) in [5.41, 5.74) is 26.0. The zero-order valence-electron chi connectivity index (χ0n) is 35.0. The fourth-order valence-corrected chi connectivity index (χ4v) is 12.1. The van der Waals surface area contributed by atoms with Crippen molar-refractivity contribution in [3.05, 3.63) is 142 Å². The van der Waals surface area contributed by atoms with Crippen molar-refractivity contribution in [1.29, 1.82) is 0 Å². The number of rotatable bonds is 0. The molecule has 7 aromatic rings. The Labute approximate surface area is 308 Å². The van der Waals surface area contributed by atoms with Crippen LogP contribution in [0.1, 0.15) is 100 Å². The van der Waals surface area contributed by atoms with Crippen molar-refractivity contribution in [3.8, 4) is 0 Å². The van der Waals surface area contributed by atoms with Gasteiger partial charge >= 0.3 is 0 Å². The van der Waals surface area contributed by atoms with Crippen molar-refractivity contribution >= 4 is 43.1 Å². The molecule has 0 N–H and O–H groups in total. The molecule has 2 aliphatic carbocycles.